The zero-order chi connectivity index (χ0) is 18.1. The highest BCUT2D eigenvalue weighted by Crippen LogP contribution is 2.36. The smallest absolute Gasteiger partial charge is 0.340 e. The third kappa shape index (κ3) is 2.98. The molecule has 1 heterocycles. The van der Waals surface area contributed by atoms with Crippen molar-refractivity contribution in [3.63, 3.8) is 0 Å². The fourth-order valence-corrected chi connectivity index (χ4v) is 3.28. The third-order valence-electron chi connectivity index (χ3n) is 4.08. The molecule has 0 fully saturated rings. The Kier molecular flexibility index (Phi) is 4.72. The van der Waals surface area contributed by atoms with Gasteiger partial charge in [-0.05, 0) is 66.2 Å². The summed E-state index contributed by atoms with van der Waals surface area (Å²) in [7, 11) is 1.62. The summed E-state index contributed by atoms with van der Waals surface area (Å²) < 4.78 is 12.9. The summed E-state index contributed by atoms with van der Waals surface area (Å²) in [5.41, 5.74) is 2.89. The number of methoxy groups -OCH3 is 1. The van der Waals surface area contributed by atoms with Crippen LogP contribution >= 0.6 is 15.9 Å². The topological polar surface area (TPSA) is 60.7 Å². The average Bonchev–Trinajstić information content (AvgIpc) is 2.87. The first-order valence-electron chi connectivity index (χ1n) is 7.83. The van der Waals surface area contributed by atoms with E-state index < -0.39 is 5.97 Å². The lowest BCUT2D eigenvalue weighted by Crippen LogP contribution is -2.07. The van der Waals surface area contributed by atoms with E-state index in [1.807, 2.05) is 35.8 Å². The second kappa shape index (κ2) is 6.80. The van der Waals surface area contributed by atoms with Crippen LogP contribution in [0.15, 0.2) is 40.9 Å². The van der Waals surface area contributed by atoms with Crippen molar-refractivity contribution in [2.75, 3.05) is 13.7 Å². The highest BCUT2D eigenvalue weighted by Gasteiger charge is 2.23. The number of esters is 1. The normalized spacial score (nSPS) is 10.9. The molecule has 0 saturated carbocycles. The van der Waals surface area contributed by atoms with Gasteiger partial charge in [0.25, 0.3) is 0 Å². The van der Waals surface area contributed by atoms with Gasteiger partial charge in [0.15, 0.2) is 0 Å². The van der Waals surface area contributed by atoms with Crippen molar-refractivity contribution in [3.05, 3.63) is 52.1 Å². The van der Waals surface area contributed by atoms with Crippen LogP contribution in [0.2, 0.25) is 0 Å². The fraction of sp³-hybridized carbons (Fsp3) is 0.211. The molecule has 0 radical (unpaired) electrons. The van der Waals surface area contributed by atoms with Gasteiger partial charge in [-0.25, -0.2) is 4.79 Å². The largest absolute Gasteiger partial charge is 0.507 e. The highest BCUT2D eigenvalue weighted by molar-refractivity contribution is 9.10. The van der Waals surface area contributed by atoms with Crippen LogP contribution < -0.4 is 4.74 Å². The number of rotatable bonds is 4. The molecule has 0 unspecified atom stereocenters. The van der Waals surface area contributed by atoms with Gasteiger partial charge in [-0.3, -0.25) is 0 Å². The number of fused-ring (bicyclic) bond motifs is 1. The van der Waals surface area contributed by atoms with Gasteiger partial charge in [0.1, 0.15) is 11.5 Å². The minimum absolute atomic E-state index is 0.0740. The molecule has 3 aromatic rings. The molecule has 1 aromatic heterocycles. The van der Waals surface area contributed by atoms with Crippen LogP contribution in [0.3, 0.4) is 0 Å². The van der Waals surface area contributed by atoms with E-state index >= 15 is 0 Å². The van der Waals surface area contributed by atoms with E-state index in [9.17, 15) is 9.90 Å². The zero-order valence-corrected chi connectivity index (χ0v) is 15.8. The van der Waals surface area contributed by atoms with Crippen molar-refractivity contribution >= 4 is 32.8 Å². The number of benzene rings is 2. The third-order valence-corrected chi connectivity index (χ3v) is 4.72. The molecule has 0 atom stereocenters. The molecule has 1 N–H and O–H groups in total. The van der Waals surface area contributed by atoms with Crippen molar-refractivity contribution in [3.8, 4) is 17.2 Å². The summed E-state index contributed by atoms with van der Waals surface area (Å²) in [6.45, 7) is 3.92. The number of nitrogens with zero attached hydrogens (tertiary/aromatic N) is 1. The van der Waals surface area contributed by atoms with E-state index in [2.05, 4.69) is 15.9 Å². The van der Waals surface area contributed by atoms with E-state index in [4.69, 9.17) is 9.47 Å². The van der Waals surface area contributed by atoms with Crippen molar-refractivity contribution in [2.45, 2.75) is 13.8 Å². The van der Waals surface area contributed by atoms with Gasteiger partial charge in [0.05, 0.1) is 29.3 Å². The molecule has 130 valence electrons. The molecule has 0 saturated heterocycles. The number of phenols is 1. The molecule has 3 rings (SSSR count). The molecule has 25 heavy (non-hydrogen) atoms. The Labute approximate surface area is 153 Å². The number of carbonyl (C=O) groups excluding carboxylic acids is 1. The Morgan fingerprint density at radius 1 is 1.24 bits per heavy atom. The molecule has 0 bridgehead atoms. The molecule has 0 aliphatic carbocycles. The number of aromatic nitrogens is 1. The van der Waals surface area contributed by atoms with Crippen LogP contribution in [0.1, 0.15) is 23.0 Å². The van der Waals surface area contributed by atoms with E-state index in [-0.39, 0.29) is 12.4 Å². The van der Waals surface area contributed by atoms with Crippen LogP contribution in [0.4, 0.5) is 0 Å². The number of phenolic OH excluding ortho intramolecular Hbond substituents is 1. The zero-order valence-electron chi connectivity index (χ0n) is 14.2. The maximum atomic E-state index is 12.5. The van der Waals surface area contributed by atoms with Gasteiger partial charge in [0, 0.05) is 16.8 Å². The standard InChI is InChI=1S/C19H18BrNO4/c1-4-25-19(23)18-11(2)21(12-5-7-13(24-3)8-6-12)16-10-15(20)17(22)9-14(16)18/h5-10,22H,4H2,1-3H3. The Morgan fingerprint density at radius 2 is 1.92 bits per heavy atom. The molecular formula is C19H18BrNO4. The van der Waals surface area contributed by atoms with Gasteiger partial charge in [0.2, 0.25) is 0 Å². The summed E-state index contributed by atoms with van der Waals surface area (Å²) in [5.74, 6) is 0.422. The summed E-state index contributed by atoms with van der Waals surface area (Å²) in [6.07, 6.45) is 0. The van der Waals surface area contributed by atoms with Crippen LogP contribution in [0, 0.1) is 6.92 Å². The molecule has 0 amide bonds. The van der Waals surface area contributed by atoms with E-state index in [1.54, 1.807) is 26.2 Å². The molecule has 0 aliphatic rings. The first-order valence-corrected chi connectivity index (χ1v) is 8.62. The fourth-order valence-electron chi connectivity index (χ4n) is 2.95. The Balaban J connectivity index is 2.32. The maximum absolute atomic E-state index is 12.5. The number of halogens is 1. The van der Waals surface area contributed by atoms with Crippen molar-refractivity contribution in [2.24, 2.45) is 0 Å². The molecule has 6 heteroatoms. The molecule has 2 aromatic carbocycles. The minimum atomic E-state index is -0.404. The van der Waals surface area contributed by atoms with E-state index in [0.29, 0.717) is 15.4 Å². The number of aromatic hydroxyl groups is 1. The predicted octanol–water partition coefficient (Wildman–Crippen LogP) is 4.59. The average molecular weight is 404 g/mol. The Bertz CT molecular complexity index is 944. The van der Waals surface area contributed by atoms with Crippen LogP contribution in [-0.4, -0.2) is 29.4 Å². The summed E-state index contributed by atoms with van der Waals surface area (Å²) in [4.78, 5) is 12.5. The van der Waals surface area contributed by atoms with Gasteiger partial charge in [-0.1, -0.05) is 0 Å². The SMILES string of the molecule is CCOC(=O)c1c(C)n(-c2ccc(OC)cc2)c2cc(Br)c(O)cc12. The van der Waals surface area contributed by atoms with Gasteiger partial charge in [-0.15, -0.1) is 0 Å². The second-order valence-electron chi connectivity index (χ2n) is 5.54. The van der Waals surface area contributed by atoms with Crippen LogP contribution in [-0.2, 0) is 4.74 Å². The van der Waals surface area contributed by atoms with Gasteiger partial charge >= 0.3 is 5.97 Å². The maximum Gasteiger partial charge on any atom is 0.340 e. The first kappa shape index (κ1) is 17.4. The number of ether oxygens (including phenoxy) is 2. The van der Waals surface area contributed by atoms with E-state index in [0.717, 1.165) is 22.6 Å². The first-order chi connectivity index (χ1) is 12.0. The van der Waals surface area contributed by atoms with Crippen molar-refractivity contribution < 1.29 is 19.4 Å². The monoisotopic (exact) mass is 403 g/mol. The molecule has 0 spiro atoms. The second-order valence-corrected chi connectivity index (χ2v) is 6.39. The number of carbonyl (C=O) groups is 1. The molecule has 5 nitrogen and oxygen atoms in total. The molecular weight excluding hydrogens is 386 g/mol. The number of hydrogen-bond acceptors (Lipinski definition) is 4. The molecule has 0 aliphatic heterocycles. The van der Waals surface area contributed by atoms with E-state index in [1.165, 1.54) is 0 Å². The minimum Gasteiger partial charge on any atom is -0.507 e. The summed E-state index contributed by atoms with van der Waals surface area (Å²) >= 11 is 3.35. The van der Waals surface area contributed by atoms with Crippen LogP contribution in [0.25, 0.3) is 16.6 Å². The Morgan fingerprint density at radius 3 is 2.52 bits per heavy atom. The number of hydrogen-bond donors (Lipinski definition) is 1. The quantitative estimate of drug-likeness (QED) is 0.646. The van der Waals surface area contributed by atoms with Gasteiger partial charge in [-0.2, -0.15) is 0 Å². The van der Waals surface area contributed by atoms with Gasteiger partial charge < -0.3 is 19.1 Å². The lowest BCUT2D eigenvalue weighted by Gasteiger charge is -2.10. The van der Waals surface area contributed by atoms with Crippen LogP contribution in [0.5, 0.6) is 11.5 Å². The Hall–Kier alpha value is -2.47. The summed E-state index contributed by atoms with van der Waals surface area (Å²) in [6, 6.07) is 10.9. The highest BCUT2D eigenvalue weighted by atomic mass is 79.9. The lowest BCUT2D eigenvalue weighted by atomic mass is 10.1. The van der Waals surface area contributed by atoms with Crippen molar-refractivity contribution in [1.29, 1.82) is 0 Å². The lowest BCUT2D eigenvalue weighted by molar-refractivity contribution is 0.0527. The predicted molar refractivity (Wildman–Crippen MR) is 99.9 cm³/mol. The summed E-state index contributed by atoms with van der Waals surface area (Å²) in [5, 5.41) is 10.7. The van der Waals surface area contributed by atoms with Crippen molar-refractivity contribution in [1.82, 2.24) is 4.57 Å².